The molecule has 0 amide bonds. The lowest BCUT2D eigenvalue weighted by Crippen LogP contribution is -2.26. The van der Waals surface area contributed by atoms with Gasteiger partial charge in [0, 0.05) is 11.3 Å². The Hall–Kier alpha value is -3.49. The van der Waals surface area contributed by atoms with Crippen LogP contribution in [-0.2, 0) is 23.8 Å². The van der Waals surface area contributed by atoms with Crippen LogP contribution >= 0.6 is 0 Å². The molecule has 35 heavy (non-hydrogen) atoms. The maximum atomic E-state index is 12.7. The number of carbonyl (C=O) groups excluding carboxylic acids is 2. The van der Waals surface area contributed by atoms with Crippen molar-refractivity contribution in [3.05, 3.63) is 102 Å². The first-order valence-corrected chi connectivity index (χ1v) is 12.6. The number of hydrogen-bond donors (Lipinski definition) is 0. The van der Waals surface area contributed by atoms with E-state index < -0.39 is 27.5 Å². The first-order valence-electron chi connectivity index (χ1n) is 11.2. The molecule has 2 unspecified atom stereocenters. The minimum Gasteiger partial charge on any atom is -0.462 e. The van der Waals surface area contributed by atoms with E-state index >= 15 is 0 Å². The van der Waals surface area contributed by atoms with Crippen LogP contribution in [0.4, 0.5) is 0 Å². The van der Waals surface area contributed by atoms with Crippen LogP contribution in [0, 0.1) is 18.3 Å². The second-order valence-corrected chi connectivity index (χ2v) is 10.3. The Kier molecular flexibility index (Phi) is 7.33. The van der Waals surface area contributed by atoms with E-state index in [4.69, 9.17) is 13.7 Å². The first kappa shape index (κ1) is 24.6. The van der Waals surface area contributed by atoms with Gasteiger partial charge in [-0.25, -0.2) is 9.59 Å². The summed E-state index contributed by atoms with van der Waals surface area (Å²) in [7, 11) is -4.01. The summed E-state index contributed by atoms with van der Waals surface area (Å²) in [5.41, 5.74) is 0.964. The predicted molar refractivity (Wildman–Crippen MR) is 128 cm³/mol. The molecule has 3 aromatic carbocycles. The van der Waals surface area contributed by atoms with Crippen LogP contribution in [0.2, 0.25) is 0 Å². The molecular weight excluding hydrogens is 468 g/mol. The van der Waals surface area contributed by atoms with Crippen molar-refractivity contribution in [2.75, 3.05) is 19.8 Å². The third kappa shape index (κ3) is 6.15. The van der Waals surface area contributed by atoms with Crippen molar-refractivity contribution in [2.45, 2.75) is 18.2 Å². The number of hydrogen-bond acceptors (Lipinski definition) is 7. The lowest BCUT2D eigenvalue weighted by Gasteiger charge is -2.18. The van der Waals surface area contributed by atoms with Gasteiger partial charge in [0.1, 0.15) is 0 Å². The Bertz CT molecular complexity index is 1270. The second kappa shape index (κ2) is 10.4. The molecule has 0 aliphatic heterocycles. The van der Waals surface area contributed by atoms with E-state index in [-0.39, 0.29) is 30.6 Å². The number of ether oxygens (including phenoxy) is 2. The Morgan fingerprint density at radius 3 is 1.91 bits per heavy atom. The van der Waals surface area contributed by atoms with Crippen LogP contribution in [0.3, 0.4) is 0 Å². The van der Waals surface area contributed by atoms with Crippen molar-refractivity contribution in [1.29, 1.82) is 0 Å². The van der Waals surface area contributed by atoms with Gasteiger partial charge in [0.2, 0.25) is 0 Å². The molecule has 4 rings (SSSR count). The van der Waals surface area contributed by atoms with E-state index in [9.17, 15) is 18.0 Å². The quantitative estimate of drug-likeness (QED) is 0.304. The van der Waals surface area contributed by atoms with Crippen molar-refractivity contribution in [3.63, 3.8) is 0 Å². The molecule has 0 bridgehead atoms. The van der Waals surface area contributed by atoms with Gasteiger partial charge in [-0.2, -0.15) is 8.42 Å². The first-order chi connectivity index (χ1) is 16.8. The third-order valence-electron chi connectivity index (χ3n) is 6.10. The molecule has 7 nitrogen and oxygen atoms in total. The zero-order valence-electron chi connectivity index (χ0n) is 19.3. The summed E-state index contributed by atoms with van der Waals surface area (Å²) in [4.78, 5) is 24.8. The van der Waals surface area contributed by atoms with Gasteiger partial charge < -0.3 is 9.47 Å². The van der Waals surface area contributed by atoms with Gasteiger partial charge in [-0.15, -0.1) is 0 Å². The zero-order valence-corrected chi connectivity index (χ0v) is 20.1. The fraction of sp³-hybridized carbons (Fsp3) is 0.259. The monoisotopic (exact) mass is 494 g/mol. The largest absolute Gasteiger partial charge is 0.462 e. The molecular formula is C27H26O7S. The predicted octanol–water partition coefficient (Wildman–Crippen LogP) is 4.42. The highest BCUT2D eigenvalue weighted by molar-refractivity contribution is 7.86. The summed E-state index contributed by atoms with van der Waals surface area (Å²) < 4.78 is 41.8. The molecule has 1 aliphatic rings. The average Bonchev–Trinajstić information content (AvgIpc) is 3.59. The van der Waals surface area contributed by atoms with Gasteiger partial charge in [-0.1, -0.05) is 54.1 Å². The fourth-order valence-corrected chi connectivity index (χ4v) is 4.73. The van der Waals surface area contributed by atoms with Gasteiger partial charge in [0.15, 0.2) is 0 Å². The molecule has 1 fully saturated rings. The van der Waals surface area contributed by atoms with Crippen molar-refractivity contribution in [3.8, 4) is 0 Å². The Morgan fingerprint density at radius 2 is 1.34 bits per heavy atom. The minimum atomic E-state index is -4.01. The van der Waals surface area contributed by atoms with Crippen molar-refractivity contribution < 1.29 is 31.7 Å². The van der Waals surface area contributed by atoms with E-state index in [1.807, 2.05) is 6.92 Å². The summed E-state index contributed by atoms with van der Waals surface area (Å²) in [6.07, 6.45) is 0.487. The van der Waals surface area contributed by atoms with Crippen LogP contribution in [0.5, 0.6) is 0 Å². The highest BCUT2D eigenvalue weighted by Gasteiger charge is 2.56. The van der Waals surface area contributed by atoms with E-state index in [1.165, 1.54) is 12.1 Å². The normalized spacial score (nSPS) is 19.1. The lowest BCUT2D eigenvalue weighted by atomic mass is 10.1. The van der Waals surface area contributed by atoms with E-state index in [1.54, 1.807) is 72.8 Å². The fourth-order valence-electron chi connectivity index (χ4n) is 3.73. The van der Waals surface area contributed by atoms with Gasteiger partial charge in [-0.05, 0) is 49.7 Å². The number of benzene rings is 3. The molecule has 0 aromatic heterocycles. The summed E-state index contributed by atoms with van der Waals surface area (Å²) in [5, 5.41) is 0. The minimum absolute atomic E-state index is 0.0484. The molecule has 1 saturated carbocycles. The summed E-state index contributed by atoms with van der Waals surface area (Å²) >= 11 is 0. The number of esters is 2. The number of aryl methyl sites for hydroxylation is 1. The number of rotatable bonds is 10. The molecule has 0 radical (unpaired) electrons. The highest BCUT2D eigenvalue weighted by atomic mass is 32.2. The van der Waals surface area contributed by atoms with E-state index in [2.05, 4.69) is 0 Å². The van der Waals surface area contributed by atoms with Gasteiger partial charge >= 0.3 is 11.9 Å². The smallest absolute Gasteiger partial charge is 0.338 e. The molecule has 0 spiro atoms. The Balaban J connectivity index is 1.43. The zero-order chi connectivity index (χ0) is 24.9. The SMILES string of the molecule is Cc1ccc(S(=O)(=O)OCC2(COC(=O)c3ccccc3)CC2COC(=O)c2ccccc2)cc1. The van der Waals surface area contributed by atoms with Crippen molar-refractivity contribution >= 4 is 22.1 Å². The van der Waals surface area contributed by atoms with Crippen LogP contribution in [0.15, 0.2) is 89.8 Å². The van der Waals surface area contributed by atoms with Crippen LogP contribution in [0.25, 0.3) is 0 Å². The molecule has 0 saturated heterocycles. The second-order valence-electron chi connectivity index (χ2n) is 8.70. The summed E-state index contributed by atoms with van der Waals surface area (Å²) in [5.74, 6) is -1.20. The molecule has 2 atom stereocenters. The summed E-state index contributed by atoms with van der Waals surface area (Å²) in [6.45, 7) is 1.67. The topological polar surface area (TPSA) is 96.0 Å². The average molecular weight is 495 g/mol. The molecule has 3 aromatic rings. The van der Waals surface area contributed by atoms with Gasteiger partial charge in [0.05, 0.1) is 35.8 Å². The van der Waals surface area contributed by atoms with E-state index in [0.29, 0.717) is 17.5 Å². The van der Waals surface area contributed by atoms with Gasteiger partial charge in [-0.3, -0.25) is 4.18 Å². The Morgan fingerprint density at radius 1 is 0.800 bits per heavy atom. The van der Waals surface area contributed by atoms with Crippen LogP contribution < -0.4 is 0 Å². The van der Waals surface area contributed by atoms with E-state index in [0.717, 1.165) is 5.56 Å². The Labute approximate surface area is 204 Å². The van der Waals surface area contributed by atoms with Crippen molar-refractivity contribution in [2.24, 2.45) is 11.3 Å². The van der Waals surface area contributed by atoms with Crippen LogP contribution in [-0.4, -0.2) is 40.2 Å². The third-order valence-corrected chi connectivity index (χ3v) is 7.37. The maximum absolute atomic E-state index is 12.7. The molecule has 0 N–H and O–H groups in total. The maximum Gasteiger partial charge on any atom is 0.338 e. The highest BCUT2D eigenvalue weighted by Crippen LogP contribution is 2.53. The number of carbonyl (C=O) groups is 2. The van der Waals surface area contributed by atoms with Crippen LogP contribution in [0.1, 0.15) is 32.7 Å². The lowest BCUT2D eigenvalue weighted by molar-refractivity contribution is 0.0276. The summed E-state index contributed by atoms with van der Waals surface area (Å²) in [6, 6.07) is 23.5. The molecule has 1 aliphatic carbocycles. The standard InChI is InChI=1S/C27H26O7S/c1-20-12-14-24(15-13-20)35(30,31)34-19-27(18-33-26(29)22-10-6-3-7-11-22)16-23(27)17-32-25(28)21-8-4-2-5-9-21/h2-15,23H,16-19H2,1H3. The van der Waals surface area contributed by atoms with Gasteiger partial charge in [0.25, 0.3) is 10.1 Å². The van der Waals surface area contributed by atoms with Crippen molar-refractivity contribution in [1.82, 2.24) is 0 Å². The molecule has 182 valence electrons. The molecule has 8 heteroatoms. The molecule has 0 heterocycles.